The predicted octanol–water partition coefficient (Wildman–Crippen LogP) is 3.31. The van der Waals surface area contributed by atoms with E-state index in [2.05, 4.69) is 10.6 Å². The van der Waals surface area contributed by atoms with E-state index in [0.717, 1.165) is 4.90 Å². The van der Waals surface area contributed by atoms with Crippen LogP contribution in [0.4, 0.5) is 5.69 Å². The lowest BCUT2D eigenvalue weighted by molar-refractivity contribution is -0.128. The van der Waals surface area contributed by atoms with Gasteiger partial charge in [0.05, 0.1) is 0 Å². The largest absolute Gasteiger partial charge is 0.341 e. The van der Waals surface area contributed by atoms with Crippen LogP contribution in [0.1, 0.15) is 13.8 Å². The number of nitrogens with one attached hydrogen (secondary N) is 2. The summed E-state index contributed by atoms with van der Waals surface area (Å²) >= 11 is 1.53. The molecular formula is C18H20N2O2S. The van der Waals surface area contributed by atoms with Crippen molar-refractivity contribution >= 4 is 29.3 Å². The summed E-state index contributed by atoms with van der Waals surface area (Å²) in [6, 6.07) is 19.0. The van der Waals surface area contributed by atoms with Gasteiger partial charge in [-0.05, 0) is 31.2 Å². The topological polar surface area (TPSA) is 58.2 Å². The summed E-state index contributed by atoms with van der Waals surface area (Å²) in [5, 5.41) is 5.63. The highest BCUT2D eigenvalue weighted by Crippen LogP contribution is 2.23. The molecule has 2 N–H and O–H groups in total. The van der Waals surface area contributed by atoms with Crippen molar-refractivity contribution in [2.75, 3.05) is 11.1 Å². The molecule has 2 aromatic carbocycles. The number of carbonyl (C=O) groups is 2. The van der Waals surface area contributed by atoms with Crippen LogP contribution in [0, 0.1) is 0 Å². The molecular weight excluding hydrogens is 308 g/mol. The van der Waals surface area contributed by atoms with E-state index in [0.29, 0.717) is 11.4 Å². The Labute approximate surface area is 140 Å². The molecule has 0 aliphatic heterocycles. The number of para-hydroxylation sites is 1. The van der Waals surface area contributed by atoms with E-state index in [9.17, 15) is 9.59 Å². The Balaban J connectivity index is 2.10. The molecule has 5 heteroatoms. The lowest BCUT2D eigenvalue weighted by Crippen LogP contribution is -2.56. The van der Waals surface area contributed by atoms with Gasteiger partial charge in [0, 0.05) is 23.3 Å². The van der Waals surface area contributed by atoms with Gasteiger partial charge in [-0.1, -0.05) is 36.4 Å². The van der Waals surface area contributed by atoms with Gasteiger partial charge in [-0.2, -0.15) is 0 Å². The van der Waals surface area contributed by atoms with Crippen molar-refractivity contribution < 1.29 is 9.59 Å². The second-order valence-corrected chi connectivity index (χ2v) is 6.48. The molecule has 0 radical (unpaired) electrons. The Bertz CT molecular complexity index is 661. The Kier molecular flexibility index (Phi) is 5.82. The van der Waals surface area contributed by atoms with Crippen LogP contribution in [0.3, 0.4) is 0 Å². The van der Waals surface area contributed by atoms with Crippen LogP contribution in [-0.4, -0.2) is 23.1 Å². The predicted molar refractivity (Wildman–Crippen MR) is 94.5 cm³/mol. The zero-order chi connectivity index (χ0) is 16.7. The third kappa shape index (κ3) is 5.14. The molecule has 0 heterocycles. The maximum Gasteiger partial charge on any atom is 0.250 e. The van der Waals surface area contributed by atoms with E-state index in [-0.39, 0.29) is 11.8 Å². The minimum Gasteiger partial charge on any atom is -0.341 e. The normalized spacial score (nSPS) is 13.0. The Morgan fingerprint density at radius 3 is 2.13 bits per heavy atom. The average molecular weight is 328 g/mol. The molecule has 2 rings (SSSR count). The number of rotatable bonds is 6. The minimum atomic E-state index is -0.998. The van der Waals surface area contributed by atoms with Crippen molar-refractivity contribution in [3.8, 4) is 0 Å². The van der Waals surface area contributed by atoms with Gasteiger partial charge in [-0.25, -0.2) is 0 Å². The standard InChI is InChI=1S/C18H20N2O2S/c1-14(21)20-18(2,13-23-16-11-7-4-8-12-16)17(22)19-15-9-5-3-6-10-15/h3-12H,13H2,1-2H3,(H,19,22)(H,20,21). The van der Waals surface area contributed by atoms with Crippen molar-refractivity contribution in [1.29, 1.82) is 0 Å². The van der Waals surface area contributed by atoms with Gasteiger partial charge in [-0.3, -0.25) is 9.59 Å². The Hall–Kier alpha value is -2.27. The number of hydrogen-bond acceptors (Lipinski definition) is 3. The minimum absolute atomic E-state index is 0.232. The van der Waals surface area contributed by atoms with E-state index >= 15 is 0 Å². The molecule has 0 saturated carbocycles. The Morgan fingerprint density at radius 2 is 1.57 bits per heavy atom. The summed E-state index contributed by atoms with van der Waals surface area (Å²) in [5.74, 6) is -0.0263. The first kappa shape index (κ1) is 17.1. The van der Waals surface area contributed by atoms with Crippen LogP contribution >= 0.6 is 11.8 Å². The van der Waals surface area contributed by atoms with Gasteiger partial charge < -0.3 is 10.6 Å². The molecule has 23 heavy (non-hydrogen) atoms. The molecule has 2 amide bonds. The lowest BCUT2D eigenvalue weighted by Gasteiger charge is -2.28. The number of thioether (sulfide) groups is 1. The Morgan fingerprint density at radius 1 is 1.00 bits per heavy atom. The van der Waals surface area contributed by atoms with Gasteiger partial charge >= 0.3 is 0 Å². The SMILES string of the molecule is CC(=O)NC(C)(CSc1ccccc1)C(=O)Nc1ccccc1. The highest BCUT2D eigenvalue weighted by molar-refractivity contribution is 7.99. The molecule has 0 aliphatic rings. The highest BCUT2D eigenvalue weighted by Gasteiger charge is 2.34. The van der Waals surface area contributed by atoms with E-state index < -0.39 is 5.54 Å². The summed E-state index contributed by atoms with van der Waals surface area (Å²) in [6.45, 7) is 3.16. The van der Waals surface area contributed by atoms with Crippen LogP contribution in [0.15, 0.2) is 65.6 Å². The average Bonchev–Trinajstić information content (AvgIpc) is 2.54. The quantitative estimate of drug-likeness (QED) is 0.800. The van der Waals surface area contributed by atoms with Gasteiger partial charge in [-0.15, -0.1) is 11.8 Å². The molecule has 0 spiro atoms. The highest BCUT2D eigenvalue weighted by atomic mass is 32.2. The number of carbonyl (C=O) groups excluding carboxylic acids is 2. The summed E-state index contributed by atoms with van der Waals surface area (Å²) in [5.41, 5.74) is -0.291. The molecule has 0 aliphatic carbocycles. The molecule has 0 fully saturated rings. The lowest BCUT2D eigenvalue weighted by atomic mass is 10.0. The van der Waals surface area contributed by atoms with Crippen molar-refractivity contribution in [2.45, 2.75) is 24.3 Å². The number of hydrogen-bond donors (Lipinski definition) is 2. The summed E-state index contributed by atoms with van der Waals surface area (Å²) < 4.78 is 0. The van der Waals surface area contributed by atoms with Crippen LogP contribution in [0.5, 0.6) is 0 Å². The number of benzene rings is 2. The fourth-order valence-electron chi connectivity index (χ4n) is 2.08. The van der Waals surface area contributed by atoms with Crippen molar-refractivity contribution in [3.05, 3.63) is 60.7 Å². The van der Waals surface area contributed by atoms with Crippen molar-refractivity contribution in [3.63, 3.8) is 0 Å². The van der Waals surface area contributed by atoms with Gasteiger partial charge in [0.1, 0.15) is 5.54 Å². The van der Waals surface area contributed by atoms with Crippen LogP contribution in [-0.2, 0) is 9.59 Å². The second-order valence-electron chi connectivity index (χ2n) is 5.44. The number of anilines is 1. The molecule has 0 bridgehead atoms. The van der Waals surface area contributed by atoms with E-state index in [1.54, 1.807) is 6.92 Å². The fraction of sp³-hybridized carbons (Fsp3) is 0.222. The summed E-state index contributed by atoms with van der Waals surface area (Å²) in [4.78, 5) is 25.2. The molecule has 0 saturated heterocycles. The van der Waals surface area contributed by atoms with Gasteiger partial charge in [0.2, 0.25) is 5.91 Å². The zero-order valence-electron chi connectivity index (χ0n) is 13.2. The molecule has 4 nitrogen and oxygen atoms in total. The zero-order valence-corrected chi connectivity index (χ0v) is 14.0. The molecule has 120 valence electrons. The number of amides is 2. The van der Waals surface area contributed by atoms with E-state index in [1.807, 2.05) is 60.7 Å². The maximum absolute atomic E-state index is 12.7. The van der Waals surface area contributed by atoms with Crippen molar-refractivity contribution in [2.24, 2.45) is 0 Å². The van der Waals surface area contributed by atoms with Crippen LogP contribution in [0.2, 0.25) is 0 Å². The fourth-order valence-corrected chi connectivity index (χ4v) is 3.09. The third-order valence-corrected chi connectivity index (χ3v) is 4.58. The summed E-state index contributed by atoms with van der Waals surface area (Å²) in [7, 11) is 0. The molecule has 0 aromatic heterocycles. The first-order valence-corrected chi connectivity index (χ1v) is 8.31. The first-order chi connectivity index (χ1) is 11.0. The van der Waals surface area contributed by atoms with E-state index in [4.69, 9.17) is 0 Å². The van der Waals surface area contributed by atoms with Crippen molar-refractivity contribution in [1.82, 2.24) is 5.32 Å². The maximum atomic E-state index is 12.7. The van der Waals surface area contributed by atoms with E-state index in [1.165, 1.54) is 18.7 Å². The third-order valence-electron chi connectivity index (χ3n) is 3.26. The molecule has 2 aromatic rings. The second kappa shape index (κ2) is 7.83. The molecule has 1 atom stereocenters. The smallest absolute Gasteiger partial charge is 0.250 e. The molecule has 1 unspecified atom stereocenters. The van der Waals surface area contributed by atoms with Gasteiger partial charge in [0.25, 0.3) is 5.91 Å². The summed E-state index contributed by atoms with van der Waals surface area (Å²) in [6.07, 6.45) is 0. The van der Waals surface area contributed by atoms with Crippen LogP contribution in [0.25, 0.3) is 0 Å². The van der Waals surface area contributed by atoms with Gasteiger partial charge in [0.15, 0.2) is 0 Å². The first-order valence-electron chi connectivity index (χ1n) is 7.33. The monoisotopic (exact) mass is 328 g/mol. The van der Waals surface area contributed by atoms with Crippen LogP contribution < -0.4 is 10.6 Å².